The van der Waals surface area contributed by atoms with Crippen molar-refractivity contribution >= 4 is 24.4 Å². The summed E-state index contributed by atoms with van der Waals surface area (Å²) in [5.74, 6) is 2.29. The highest BCUT2D eigenvalue weighted by atomic mass is 16.6. The molecule has 4 rings (SSSR count). The number of phenolic OH excluding ortho intramolecular Hbond substituents is 2. The molecule has 0 unspecified atom stereocenters. The summed E-state index contributed by atoms with van der Waals surface area (Å²) in [5, 5.41) is 22.5. The lowest BCUT2D eigenvalue weighted by atomic mass is 10.0. The number of ether oxygens (including phenoxy) is 8. The Kier molecular flexibility index (Phi) is 85.1. The van der Waals surface area contributed by atoms with Crippen LogP contribution in [0.5, 0.6) is 57.5 Å². The van der Waals surface area contributed by atoms with E-state index < -0.39 is 11.9 Å². The summed E-state index contributed by atoms with van der Waals surface area (Å²) in [4.78, 5) is 38.7. The van der Waals surface area contributed by atoms with E-state index in [-0.39, 0.29) is 46.7 Å². The van der Waals surface area contributed by atoms with Gasteiger partial charge in [0.25, 0.3) is 0 Å². The van der Waals surface area contributed by atoms with E-state index in [1.54, 1.807) is 61.0 Å². The SMILES string of the molecule is CCCCCCCCCCCCCCCCOc1cc(C(=O)Oc2ccc(O)c(C=NC[C@H](C)N=Cc3cc(OC(=O)c4cc(OCCCCCCCCCCCCCCCC)c(OCCCCCCCCCCCCCCCC)c(OCCCCCCCCCCCCCCCC)c4)ccc3O)c2)cc(OCCCCCCCCCCCCCCCC)c1OCCCCCCCCCCCCCCCC. The molecule has 0 heterocycles. The minimum absolute atomic E-state index is 0.0303. The van der Waals surface area contributed by atoms with Crippen molar-refractivity contribution < 1.29 is 57.7 Å². The Morgan fingerprint density at radius 2 is 0.418 bits per heavy atom. The number of unbranched alkanes of at least 4 members (excludes halogenated alkanes) is 78. The molecule has 0 aliphatic heterocycles. The van der Waals surface area contributed by atoms with Crippen LogP contribution in [0.4, 0.5) is 0 Å². The molecule has 0 amide bonds. The summed E-state index contributed by atoms with van der Waals surface area (Å²) in [6.07, 6.45) is 110. The Morgan fingerprint density at radius 1 is 0.241 bits per heavy atom. The first-order valence-corrected chi connectivity index (χ1v) is 60.8. The van der Waals surface area contributed by atoms with Crippen molar-refractivity contribution in [1.29, 1.82) is 0 Å². The summed E-state index contributed by atoms with van der Waals surface area (Å²) in [6.45, 7) is 18.8. The van der Waals surface area contributed by atoms with Gasteiger partial charge in [0.05, 0.1) is 63.4 Å². The molecule has 0 saturated heterocycles. The van der Waals surface area contributed by atoms with Crippen LogP contribution in [0, 0.1) is 0 Å². The van der Waals surface area contributed by atoms with Crippen LogP contribution in [-0.2, 0) is 0 Å². The van der Waals surface area contributed by atoms with Gasteiger partial charge in [0.2, 0.25) is 11.5 Å². The summed E-state index contributed by atoms with van der Waals surface area (Å²) in [6, 6.07) is 16.1. The van der Waals surface area contributed by atoms with Gasteiger partial charge < -0.3 is 48.1 Å². The van der Waals surface area contributed by atoms with Crippen LogP contribution in [0.15, 0.2) is 70.6 Å². The predicted octanol–water partition coefficient (Wildman–Crippen LogP) is 40.6. The highest BCUT2D eigenvalue weighted by molar-refractivity contribution is 5.94. The van der Waals surface area contributed by atoms with Crippen molar-refractivity contribution in [2.75, 3.05) is 46.2 Å². The molecule has 0 aliphatic carbocycles. The predicted molar refractivity (Wildman–Crippen MR) is 603 cm³/mol. The van der Waals surface area contributed by atoms with Crippen LogP contribution in [0.3, 0.4) is 0 Å². The van der Waals surface area contributed by atoms with Crippen LogP contribution >= 0.6 is 0 Å². The molecule has 1 atom stereocenters. The van der Waals surface area contributed by atoms with Crippen molar-refractivity contribution in [3.63, 3.8) is 0 Å². The number of benzene rings is 4. The molecule has 14 heteroatoms. The third-order valence-electron chi connectivity index (χ3n) is 28.5. The van der Waals surface area contributed by atoms with Gasteiger partial charge in [-0.2, -0.15) is 0 Å². The number of hydrogen-bond acceptors (Lipinski definition) is 14. The second-order valence-electron chi connectivity index (χ2n) is 42.1. The van der Waals surface area contributed by atoms with E-state index in [1.807, 2.05) is 6.92 Å². The third kappa shape index (κ3) is 70.9. The Balaban J connectivity index is 1.52. The average Bonchev–Trinajstić information content (AvgIpc) is 0.812. The maximum Gasteiger partial charge on any atom is 0.343 e. The minimum Gasteiger partial charge on any atom is -0.507 e. The maximum absolute atomic E-state index is 14.6. The Hall–Kier alpha value is -6.44. The first kappa shape index (κ1) is 127. The van der Waals surface area contributed by atoms with Gasteiger partial charge in [0.15, 0.2) is 23.0 Å². The molecule has 2 N–H and O–H groups in total. The molecule has 0 spiro atoms. The molecule has 0 aliphatic rings. The van der Waals surface area contributed by atoms with Crippen LogP contribution in [0.25, 0.3) is 0 Å². The number of aromatic hydroxyl groups is 2. The standard InChI is InChI=1S/C127H218N2O12/c1-8-14-20-26-32-38-44-50-56-62-68-74-80-86-96-134-120-104-112(105-121(135-97-87-81-75-69-63-57-51-45-39-33-27-21-15-9-2)124(120)138-100-90-84-78-72-66-60-54-48-42-36-30-24-18-12-5)126(132)140-116-92-94-118(130)114(102-116)109-128-108-111(7)129-110-115-103-117(93-95-119(115)131)141-127(133)113-106-122(136-98-88-82-76-70-64-58-52-46-40-34-28-22-16-10-3)125(139-101-91-85-79-73-67-61-55-49-43-37-31-25-19-13-6)123(107-113)137-99-89-83-77-71-65-59-53-47-41-35-29-23-17-11-4/h92-95,102-107,109-111,130-131H,8-91,96-101,108H2,1-7H3/t111-/m0/s1. The summed E-state index contributed by atoms with van der Waals surface area (Å²) in [5.41, 5.74) is 1.29. The number of aliphatic imine (C=N–C) groups is 2. The Labute approximate surface area is 867 Å². The number of carbonyl (C=O) groups excluding carboxylic acids is 2. The molecule has 0 bridgehead atoms. The molecule has 4 aromatic carbocycles. The molecule has 0 aromatic heterocycles. The highest BCUT2D eigenvalue weighted by Gasteiger charge is 2.24. The fourth-order valence-electron chi connectivity index (χ4n) is 19.2. The average molecular weight is 1970 g/mol. The number of nitrogens with zero attached hydrogens (tertiary/aromatic N) is 2. The molecule has 808 valence electrons. The highest BCUT2D eigenvalue weighted by Crippen LogP contribution is 2.43. The quantitative estimate of drug-likeness (QED) is 0.0186. The van der Waals surface area contributed by atoms with E-state index >= 15 is 0 Å². The lowest BCUT2D eigenvalue weighted by Gasteiger charge is -2.19. The van der Waals surface area contributed by atoms with Crippen LogP contribution in [-0.4, -0.2) is 86.8 Å². The summed E-state index contributed by atoms with van der Waals surface area (Å²) in [7, 11) is 0. The molecular weight excluding hydrogens is 1750 g/mol. The zero-order chi connectivity index (χ0) is 101. The molecule has 0 fully saturated rings. The Morgan fingerprint density at radius 3 is 0.617 bits per heavy atom. The minimum atomic E-state index is -0.590. The number of hydrogen-bond donors (Lipinski definition) is 2. The fourth-order valence-corrected chi connectivity index (χ4v) is 19.2. The van der Waals surface area contributed by atoms with Gasteiger partial charge in [-0.3, -0.25) is 9.98 Å². The lowest BCUT2D eigenvalue weighted by Crippen LogP contribution is -2.12. The van der Waals surface area contributed by atoms with Crippen molar-refractivity contribution in [2.45, 2.75) is 594 Å². The van der Waals surface area contributed by atoms with Crippen LogP contribution in [0.2, 0.25) is 0 Å². The third-order valence-corrected chi connectivity index (χ3v) is 28.5. The van der Waals surface area contributed by atoms with E-state index in [4.69, 9.17) is 47.9 Å². The van der Waals surface area contributed by atoms with Crippen molar-refractivity contribution in [3.05, 3.63) is 82.9 Å². The number of carbonyl (C=O) groups is 2. The van der Waals surface area contributed by atoms with Crippen LogP contribution in [0.1, 0.15) is 620 Å². The van der Waals surface area contributed by atoms with Crippen molar-refractivity contribution in [1.82, 2.24) is 0 Å². The largest absolute Gasteiger partial charge is 0.507 e. The number of phenols is 2. The first-order chi connectivity index (χ1) is 69.5. The van der Waals surface area contributed by atoms with Gasteiger partial charge in [-0.15, -0.1) is 0 Å². The first-order valence-electron chi connectivity index (χ1n) is 60.8. The second kappa shape index (κ2) is 94.5. The zero-order valence-corrected chi connectivity index (χ0v) is 92.7. The second-order valence-corrected chi connectivity index (χ2v) is 42.1. The lowest BCUT2D eigenvalue weighted by molar-refractivity contribution is 0.0724. The Bertz CT molecular complexity index is 3460. The van der Waals surface area contributed by atoms with Gasteiger partial charge in [0, 0.05) is 23.6 Å². The molecule has 4 aromatic rings. The van der Waals surface area contributed by atoms with Crippen molar-refractivity contribution in [3.8, 4) is 57.5 Å². The smallest absolute Gasteiger partial charge is 0.343 e. The summed E-state index contributed by atoms with van der Waals surface area (Å²) < 4.78 is 52.7. The van der Waals surface area contributed by atoms with Gasteiger partial charge in [-0.25, -0.2) is 9.59 Å². The monoisotopic (exact) mass is 1960 g/mol. The van der Waals surface area contributed by atoms with E-state index in [0.717, 1.165) is 77.0 Å². The maximum atomic E-state index is 14.6. The molecule has 14 nitrogen and oxygen atoms in total. The van der Waals surface area contributed by atoms with Crippen LogP contribution < -0.4 is 37.9 Å². The van der Waals surface area contributed by atoms with E-state index in [2.05, 4.69) is 41.5 Å². The van der Waals surface area contributed by atoms with Gasteiger partial charge in [-0.1, -0.05) is 542 Å². The summed E-state index contributed by atoms with van der Waals surface area (Å²) >= 11 is 0. The van der Waals surface area contributed by atoms with Crippen molar-refractivity contribution in [2.24, 2.45) is 9.98 Å². The fraction of sp³-hybridized carbons (Fsp3) is 0.780. The molecule has 0 saturated carbocycles. The molecular formula is C127H218N2O12. The van der Waals surface area contributed by atoms with Gasteiger partial charge in [-0.05, 0) is 106 Å². The normalized spacial score (nSPS) is 11.9. The molecule has 141 heavy (non-hydrogen) atoms. The van der Waals surface area contributed by atoms with E-state index in [0.29, 0.717) is 85.3 Å². The number of rotatable bonds is 105. The zero-order valence-electron chi connectivity index (χ0n) is 92.7. The number of esters is 2. The van der Waals surface area contributed by atoms with E-state index in [9.17, 15) is 19.8 Å². The van der Waals surface area contributed by atoms with E-state index in [1.165, 1.54) is 474 Å². The van der Waals surface area contributed by atoms with Gasteiger partial charge in [0.1, 0.15) is 23.0 Å². The molecule has 0 radical (unpaired) electrons. The topological polar surface area (TPSA) is 173 Å². The van der Waals surface area contributed by atoms with Gasteiger partial charge >= 0.3 is 11.9 Å².